The second-order valence-electron chi connectivity index (χ2n) is 3.03. The van der Waals surface area contributed by atoms with Crippen molar-refractivity contribution in [1.82, 2.24) is 0 Å². The molecule has 0 N–H and O–H groups in total. The molecule has 0 aliphatic carbocycles. The third-order valence-corrected chi connectivity index (χ3v) is 2.46. The fourth-order valence-electron chi connectivity index (χ4n) is 1.15. The highest BCUT2D eigenvalue weighted by atomic mass is 79.9. The van der Waals surface area contributed by atoms with E-state index in [1.165, 1.54) is 7.11 Å². The number of para-hydroxylation sites is 1. The molecule has 0 radical (unpaired) electrons. The van der Waals surface area contributed by atoms with E-state index >= 15 is 0 Å². The Labute approximate surface area is 103 Å². The number of hydrogen-bond donors (Lipinski definition) is 0. The van der Waals surface area contributed by atoms with Crippen molar-refractivity contribution >= 4 is 21.7 Å². The zero-order chi connectivity index (χ0) is 12.0. The molecule has 0 unspecified atom stereocenters. The Morgan fingerprint density at radius 1 is 1.31 bits per heavy atom. The standard InChI is InChI=1S/C11H13BrO4/c1-14-6-8(13)7-16-11-9(12)4-3-5-10(11)15-2/h3-5H,6-7H2,1-2H3. The predicted octanol–water partition coefficient (Wildman–Crippen LogP) is 2.05. The van der Waals surface area contributed by atoms with E-state index in [1.54, 1.807) is 13.2 Å². The molecule has 0 saturated carbocycles. The lowest BCUT2D eigenvalue weighted by Crippen LogP contribution is -2.16. The highest BCUT2D eigenvalue weighted by molar-refractivity contribution is 9.10. The van der Waals surface area contributed by atoms with Gasteiger partial charge in [0.05, 0.1) is 11.6 Å². The smallest absolute Gasteiger partial charge is 0.195 e. The van der Waals surface area contributed by atoms with E-state index in [1.807, 2.05) is 12.1 Å². The van der Waals surface area contributed by atoms with Gasteiger partial charge >= 0.3 is 0 Å². The number of hydrogen-bond acceptors (Lipinski definition) is 4. The summed E-state index contributed by atoms with van der Waals surface area (Å²) in [5.41, 5.74) is 0. The Bertz CT molecular complexity index is 365. The van der Waals surface area contributed by atoms with Crippen molar-refractivity contribution in [2.75, 3.05) is 27.4 Å². The Kier molecular flexibility index (Phi) is 5.28. The lowest BCUT2D eigenvalue weighted by atomic mass is 10.3. The van der Waals surface area contributed by atoms with Crippen LogP contribution in [0.3, 0.4) is 0 Å². The monoisotopic (exact) mass is 288 g/mol. The molecule has 0 saturated heterocycles. The normalized spacial score (nSPS) is 9.94. The summed E-state index contributed by atoms with van der Waals surface area (Å²) in [6, 6.07) is 5.41. The Hall–Kier alpha value is -1.07. The lowest BCUT2D eigenvalue weighted by Gasteiger charge is -2.11. The summed E-state index contributed by atoms with van der Waals surface area (Å²) >= 11 is 3.33. The number of ketones is 1. The van der Waals surface area contributed by atoms with Gasteiger partial charge < -0.3 is 14.2 Å². The van der Waals surface area contributed by atoms with Crippen LogP contribution < -0.4 is 9.47 Å². The van der Waals surface area contributed by atoms with E-state index in [2.05, 4.69) is 15.9 Å². The van der Waals surface area contributed by atoms with Gasteiger partial charge in [-0.05, 0) is 28.1 Å². The minimum Gasteiger partial charge on any atom is -0.493 e. The zero-order valence-corrected chi connectivity index (χ0v) is 10.7. The van der Waals surface area contributed by atoms with Crippen molar-refractivity contribution in [3.05, 3.63) is 22.7 Å². The SMILES string of the molecule is COCC(=O)COc1c(Br)cccc1OC. The average Bonchev–Trinajstić information content (AvgIpc) is 2.27. The van der Waals surface area contributed by atoms with Crippen LogP contribution in [0.25, 0.3) is 0 Å². The van der Waals surface area contributed by atoms with Gasteiger partial charge in [0.2, 0.25) is 0 Å². The molecule has 0 amide bonds. The van der Waals surface area contributed by atoms with Gasteiger partial charge in [-0.1, -0.05) is 6.07 Å². The number of carbonyl (C=O) groups excluding carboxylic acids is 1. The average molecular weight is 289 g/mol. The molecule has 0 heterocycles. The second-order valence-corrected chi connectivity index (χ2v) is 3.89. The molecule has 0 spiro atoms. The maximum Gasteiger partial charge on any atom is 0.195 e. The van der Waals surface area contributed by atoms with Crippen molar-refractivity contribution in [3.8, 4) is 11.5 Å². The van der Waals surface area contributed by atoms with Crippen LogP contribution in [0, 0.1) is 0 Å². The first kappa shape index (κ1) is 13.0. The van der Waals surface area contributed by atoms with E-state index in [4.69, 9.17) is 14.2 Å². The van der Waals surface area contributed by atoms with Gasteiger partial charge in [-0.15, -0.1) is 0 Å². The van der Waals surface area contributed by atoms with Gasteiger partial charge in [-0.3, -0.25) is 4.79 Å². The second kappa shape index (κ2) is 6.50. The maximum absolute atomic E-state index is 11.2. The molecule has 0 aliphatic rings. The largest absolute Gasteiger partial charge is 0.493 e. The number of ether oxygens (including phenoxy) is 3. The predicted molar refractivity (Wildman–Crippen MR) is 63.1 cm³/mol. The van der Waals surface area contributed by atoms with E-state index in [9.17, 15) is 4.79 Å². The highest BCUT2D eigenvalue weighted by Gasteiger charge is 2.10. The molecule has 0 aliphatic heterocycles. The summed E-state index contributed by atoms with van der Waals surface area (Å²) in [5.74, 6) is 0.981. The van der Waals surface area contributed by atoms with Crippen LogP contribution in [-0.2, 0) is 9.53 Å². The molecule has 88 valence electrons. The summed E-state index contributed by atoms with van der Waals surface area (Å²) in [6.07, 6.45) is 0. The molecule has 16 heavy (non-hydrogen) atoms. The van der Waals surface area contributed by atoms with Crippen molar-refractivity contribution in [1.29, 1.82) is 0 Å². The van der Waals surface area contributed by atoms with Crippen molar-refractivity contribution in [2.45, 2.75) is 0 Å². The fraction of sp³-hybridized carbons (Fsp3) is 0.364. The molecule has 4 nitrogen and oxygen atoms in total. The molecule has 1 aromatic rings. The van der Waals surface area contributed by atoms with E-state index in [0.717, 1.165) is 4.47 Å². The Morgan fingerprint density at radius 3 is 2.69 bits per heavy atom. The van der Waals surface area contributed by atoms with Gasteiger partial charge in [0.25, 0.3) is 0 Å². The molecule has 5 heteroatoms. The third-order valence-electron chi connectivity index (χ3n) is 1.83. The number of rotatable bonds is 6. The van der Waals surface area contributed by atoms with Crippen LogP contribution in [0.15, 0.2) is 22.7 Å². The van der Waals surface area contributed by atoms with Gasteiger partial charge in [0.1, 0.15) is 13.2 Å². The van der Waals surface area contributed by atoms with Gasteiger partial charge in [0.15, 0.2) is 17.3 Å². The van der Waals surface area contributed by atoms with Gasteiger partial charge in [-0.25, -0.2) is 0 Å². The van der Waals surface area contributed by atoms with Crippen molar-refractivity contribution in [2.24, 2.45) is 0 Å². The quantitative estimate of drug-likeness (QED) is 0.804. The Balaban J connectivity index is 2.69. The maximum atomic E-state index is 11.2. The molecule has 1 rings (SSSR count). The van der Waals surface area contributed by atoms with E-state index < -0.39 is 0 Å². The molecule has 1 aromatic carbocycles. The van der Waals surface area contributed by atoms with Crippen LogP contribution in [0.1, 0.15) is 0 Å². The van der Waals surface area contributed by atoms with Gasteiger partial charge in [0, 0.05) is 7.11 Å². The van der Waals surface area contributed by atoms with E-state index in [-0.39, 0.29) is 19.0 Å². The van der Waals surface area contributed by atoms with Gasteiger partial charge in [-0.2, -0.15) is 0 Å². The topological polar surface area (TPSA) is 44.8 Å². The zero-order valence-electron chi connectivity index (χ0n) is 9.16. The van der Waals surface area contributed by atoms with Crippen LogP contribution in [0.4, 0.5) is 0 Å². The number of Topliss-reactive ketones (excluding diaryl/α,β-unsaturated/α-hetero) is 1. The molecule has 0 aromatic heterocycles. The summed E-state index contributed by atoms with van der Waals surface area (Å²) in [4.78, 5) is 11.2. The summed E-state index contributed by atoms with van der Waals surface area (Å²) in [5, 5.41) is 0. The number of halogens is 1. The summed E-state index contributed by atoms with van der Waals surface area (Å²) in [6.45, 7) is 0.0135. The first-order chi connectivity index (χ1) is 7.69. The Morgan fingerprint density at radius 2 is 2.06 bits per heavy atom. The molecule has 0 atom stereocenters. The minimum atomic E-state index is -0.125. The first-order valence-electron chi connectivity index (χ1n) is 4.65. The van der Waals surface area contributed by atoms with Crippen molar-refractivity contribution < 1.29 is 19.0 Å². The number of methoxy groups -OCH3 is 2. The summed E-state index contributed by atoms with van der Waals surface area (Å²) < 4.78 is 15.9. The first-order valence-corrected chi connectivity index (χ1v) is 5.44. The lowest BCUT2D eigenvalue weighted by molar-refractivity contribution is -0.124. The molecule has 0 bridgehead atoms. The fourth-order valence-corrected chi connectivity index (χ4v) is 1.61. The van der Waals surface area contributed by atoms with Crippen LogP contribution in [-0.4, -0.2) is 33.2 Å². The van der Waals surface area contributed by atoms with Crippen molar-refractivity contribution in [3.63, 3.8) is 0 Å². The van der Waals surface area contributed by atoms with Crippen LogP contribution >= 0.6 is 15.9 Å². The van der Waals surface area contributed by atoms with E-state index in [0.29, 0.717) is 11.5 Å². The minimum absolute atomic E-state index is 0.0349. The number of benzene rings is 1. The summed E-state index contributed by atoms with van der Waals surface area (Å²) in [7, 11) is 3.02. The molecule has 0 fully saturated rings. The third kappa shape index (κ3) is 3.50. The number of carbonyl (C=O) groups is 1. The molecular formula is C11H13BrO4. The van der Waals surface area contributed by atoms with Crippen LogP contribution in [0.2, 0.25) is 0 Å². The highest BCUT2D eigenvalue weighted by Crippen LogP contribution is 2.34. The molecular weight excluding hydrogens is 276 g/mol. The van der Waals surface area contributed by atoms with Crippen LogP contribution in [0.5, 0.6) is 11.5 Å².